The lowest BCUT2D eigenvalue weighted by atomic mass is 10.0. The van der Waals surface area contributed by atoms with Gasteiger partial charge in [0.25, 0.3) is 0 Å². The van der Waals surface area contributed by atoms with Crippen LogP contribution in [0.25, 0.3) is 0 Å². The predicted octanol–water partition coefficient (Wildman–Crippen LogP) is 4.40. The molecule has 1 amide bonds. The molecule has 0 aliphatic heterocycles. The van der Waals surface area contributed by atoms with E-state index >= 15 is 0 Å². The highest BCUT2D eigenvalue weighted by Gasteiger charge is 2.12. The van der Waals surface area contributed by atoms with Gasteiger partial charge in [0, 0.05) is 18.4 Å². The van der Waals surface area contributed by atoms with Gasteiger partial charge in [0.1, 0.15) is 0 Å². The molecule has 0 radical (unpaired) electrons. The number of benzene rings is 2. The van der Waals surface area contributed by atoms with Gasteiger partial charge in [0.15, 0.2) is 5.78 Å². The Labute approximate surface area is 144 Å². The molecule has 3 heteroatoms. The molecule has 0 fully saturated rings. The van der Waals surface area contributed by atoms with E-state index in [-0.39, 0.29) is 30.6 Å². The van der Waals surface area contributed by atoms with Crippen LogP contribution in [0.5, 0.6) is 0 Å². The first-order valence-electron chi connectivity index (χ1n) is 8.47. The molecule has 24 heavy (non-hydrogen) atoms. The largest absolute Gasteiger partial charge is 0.350 e. The minimum atomic E-state index is -0.0949. The molecule has 0 aliphatic carbocycles. The van der Waals surface area contributed by atoms with Crippen LogP contribution in [0.1, 0.15) is 59.8 Å². The molecule has 0 heterocycles. The number of nitrogens with one attached hydrogen (secondary N) is 1. The number of Topliss-reactive ketones (excluding diaryl/α,β-unsaturated/α-hetero) is 1. The molecule has 1 unspecified atom stereocenters. The monoisotopic (exact) mass is 323 g/mol. The van der Waals surface area contributed by atoms with Crippen molar-refractivity contribution in [3.05, 3.63) is 70.8 Å². The average molecular weight is 323 g/mol. The second kappa shape index (κ2) is 8.44. The highest BCUT2D eigenvalue weighted by atomic mass is 16.2. The highest BCUT2D eigenvalue weighted by molar-refractivity contribution is 5.98. The van der Waals surface area contributed by atoms with Gasteiger partial charge in [-0.05, 0) is 31.4 Å². The summed E-state index contributed by atoms with van der Waals surface area (Å²) in [5.41, 5.74) is 4.13. The van der Waals surface area contributed by atoms with Crippen LogP contribution in [-0.2, 0) is 11.2 Å². The summed E-state index contributed by atoms with van der Waals surface area (Å²) in [6.45, 7) is 6.06. The van der Waals surface area contributed by atoms with Crippen molar-refractivity contribution >= 4 is 11.7 Å². The van der Waals surface area contributed by atoms with Crippen LogP contribution in [0.4, 0.5) is 0 Å². The van der Waals surface area contributed by atoms with E-state index in [4.69, 9.17) is 0 Å². The van der Waals surface area contributed by atoms with Crippen molar-refractivity contribution < 1.29 is 9.59 Å². The summed E-state index contributed by atoms with van der Waals surface area (Å²) in [5.74, 6) is -0.0902. The highest BCUT2D eigenvalue weighted by Crippen LogP contribution is 2.14. The summed E-state index contributed by atoms with van der Waals surface area (Å²) in [7, 11) is 0. The van der Waals surface area contributed by atoms with Gasteiger partial charge in [-0.15, -0.1) is 0 Å². The molecule has 2 rings (SSSR count). The van der Waals surface area contributed by atoms with Gasteiger partial charge >= 0.3 is 0 Å². The molecular weight excluding hydrogens is 298 g/mol. The zero-order valence-corrected chi connectivity index (χ0v) is 14.6. The lowest BCUT2D eigenvalue weighted by Gasteiger charge is -2.14. The number of amides is 1. The summed E-state index contributed by atoms with van der Waals surface area (Å²) in [6.07, 6.45) is 1.45. The number of rotatable bonds is 7. The number of aryl methyl sites for hydroxylation is 2. The van der Waals surface area contributed by atoms with Crippen LogP contribution in [0.3, 0.4) is 0 Å². The minimum Gasteiger partial charge on any atom is -0.350 e. The van der Waals surface area contributed by atoms with Crippen LogP contribution in [-0.4, -0.2) is 11.7 Å². The van der Waals surface area contributed by atoms with E-state index in [1.165, 1.54) is 5.56 Å². The smallest absolute Gasteiger partial charge is 0.220 e. The third-order valence-corrected chi connectivity index (χ3v) is 4.22. The van der Waals surface area contributed by atoms with E-state index in [0.717, 1.165) is 17.5 Å². The van der Waals surface area contributed by atoms with E-state index < -0.39 is 0 Å². The van der Waals surface area contributed by atoms with Crippen molar-refractivity contribution in [1.82, 2.24) is 5.32 Å². The maximum atomic E-state index is 12.1. The number of carbonyl (C=O) groups excluding carboxylic acids is 2. The first-order valence-corrected chi connectivity index (χ1v) is 8.47. The Balaban J connectivity index is 1.83. The first-order chi connectivity index (χ1) is 11.5. The van der Waals surface area contributed by atoms with Crippen LogP contribution in [0.15, 0.2) is 48.5 Å². The Hall–Kier alpha value is -2.42. The molecule has 2 aromatic carbocycles. The molecular formula is C21H25NO2. The van der Waals surface area contributed by atoms with E-state index in [2.05, 4.69) is 24.4 Å². The molecule has 0 aromatic heterocycles. The van der Waals surface area contributed by atoms with Crippen molar-refractivity contribution in [3.8, 4) is 0 Å². The maximum absolute atomic E-state index is 12.1. The van der Waals surface area contributed by atoms with Gasteiger partial charge in [0.05, 0.1) is 6.04 Å². The fourth-order valence-electron chi connectivity index (χ4n) is 2.55. The number of carbonyl (C=O) groups is 2. The van der Waals surface area contributed by atoms with Crippen molar-refractivity contribution in [2.45, 2.75) is 46.1 Å². The number of ketones is 1. The first kappa shape index (κ1) is 17.9. The standard InChI is InChI=1S/C21H25NO2/c1-4-17-7-11-18(12-8-17)16(3)22-21(24)14-13-20(23)19-9-5-15(2)6-10-19/h5-12,16H,4,13-14H2,1-3H3,(H,22,24). The molecule has 0 saturated heterocycles. The Bertz CT molecular complexity index is 687. The topological polar surface area (TPSA) is 46.2 Å². The predicted molar refractivity (Wildman–Crippen MR) is 97.1 cm³/mol. The normalized spacial score (nSPS) is 11.8. The second-order valence-electron chi connectivity index (χ2n) is 6.17. The summed E-state index contributed by atoms with van der Waals surface area (Å²) < 4.78 is 0. The summed E-state index contributed by atoms with van der Waals surface area (Å²) in [6, 6.07) is 15.6. The summed E-state index contributed by atoms with van der Waals surface area (Å²) in [5, 5.41) is 2.96. The van der Waals surface area contributed by atoms with E-state index in [0.29, 0.717) is 5.56 Å². The summed E-state index contributed by atoms with van der Waals surface area (Å²) >= 11 is 0. The van der Waals surface area contributed by atoms with Crippen LogP contribution < -0.4 is 5.32 Å². The second-order valence-corrected chi connectivity index (χ2v) is 6.17. The fourth-order valence-corrected chi connectivity index (χ4v) is 2.55. The van der Waals surface area contributed by atoms with Crippen molar-refractivity contribution in [1.29, 1.82) is 0 Å². The van der Waals surface area contributed by atoms with Gasteiger partial charge in [0.2, 0.25) is 5.91 Å². The molecule has 126 valence electrons. The van der Waals surface area contributed by atoms with Crippen molar-refractivity contribution in [3.63, 3.8) is 0 Å². The van der Waals surface area contributed by atoms with Crippen molar-refractivity contribution in [2.75, 3.05) is 0 Å². The van der Waals surface area contributed by atoms with Gasteiger partial charge < -0.3 is 5.32 Å². The van der Waals surface area contributed by atoms with Crippen LogP contribution >= 0.6 is 0 Å². The SMILES string of the molecule is CCc1ccc(C(C)NC(=O)CCC(=O)c2ccc(C)cc2)cc1. The fraction of sp³-hybridized carbons (Fsp3) is 0.333. The molecule has 0 spiro atoms. The van der Waals surface area contributed by atoms with Gasteiger partial charge in [-0.2, -0.15) is 0 Å². The van der Waals surface area contributed by atoms with Gasteiger partial charge in [-0.3, -0.25) is 9.59 Å². The Kier molecular flexibility index (Phi) is 6.30. The lowest BCUT2D eigenvalue weighted by Crippen LogP contribution is -2.26. The Morgan fingerprint density at radius 1 is 0.958 bits per heavy atom. The third-order valence-electron chi connectivity index (χ3n) is 4.22. The van der Waals surface area contributed by atoms with Gasteiger partial charge in [-0.25, -0.2) is 0 Å². The average Bonchev–Trinajstić information content (AvgIpc) is 2.60. The molecule has 1 atom stereocenters. The zero-order valence-electron chi connectivity index (χ0n) is 14.6. The molecule has 1 N–H and O–H groups in total. The molecule has 0 saturated carbocycles. The molecule has 0 bridgehead atoms. The van der Waals surface area contributed by atoms with Crippen LogP contribution in [0.2, 0.25) is 0 Å². The number of hydrogen-bond acceptors (Lipinski definition) is 2. The minimum absolute atomic E-state index is 0.00472. The number of hydrogen-bond donors (Lipinski definition) is 1. The van der Waals surface area contributed by atoms with E-state index in [9.17, 15) is 9.59 Å². The molecule has 3 nitrogen and oxygen atoms in total. The van der Waals surface area contributed by atoms with Gasteiger partial charge in [-0.1, -0.05) is 61.0 Å². The quantitative estimate of drug-likeness (QED) is 0.768. The zero-order chi connectivity index (χ0) is 17.5. The summed E-state index contributed by atoms with van der Waals surface area (Å²) in [4.78, 5) is 24.2. The lowest BCUT2D eigenvalue weighted by molar-refractivity contribution is -0.121. The molecule has 2 aromatic rings. The van der Waals surface area contributed by atoms with E-state index in [1.54, 1.807) is 0 Å². The van der Waals surface area contributed by atoms with E-state index in [1.807, 2.05) is 50.2 Å². The Morgan fingerprint density at radius 2 is 1.58 bits per heavy atom. The third kappa shape index (κ3) is 5.05. The maximum Gasteiger partial charge on any atom is 0.220 e. The Morgan fingerprint density at radius 3 is 2.17 bits per heavy atom. The van der Waals surface area contributed by atoms with Crippen molar-refractivity contribution in [2.24, 2.45) is 0 Å². The molecule has 0 aliphatic rings. The van der Waals surface area contributed by atoms with Crippen LogP contribution in [0, 0.1) is 6.92 Å².